The van der Waals surface area contributed by atoms with E-state index in [0.717, 1.165) is 38.5 Å². The molecule has 9 atom stereocenters. The van der Waals surface area contributed by atoms with E-state index in [1.807, 2.05) is 27.7 Å². The summed E-state index contributed by atoms with van der Waals surface area (Å²) < 4.78 is 23.1. The van der Waals surface area contributed by atoms with Crippen molar-refractivity contribution in [3.63, 3.8) is 0 Å². The predicted octanol–water partition coefficient (Wildman–Crippen LogP) is 6.18. The van der Waals surface area contributed by atoms with Crippen LogP contribution in [0.2, 0.25) is 0 Å². The Morgan fingerprint density at radius 2 is 1.77 bits per heavy atom. The Hall–Kier alpha value is -1.89. The third-order valence-corrected chi connectivity index (χ3v) is 12.4. The lowest BCUT2D eigenvalue weighted by atomic mass is 9.37. The molecule has 0 amide bonds. The highest BCUT2D eigenvalue weighted by Crippen LogP contribution is 2.74. The minimum Gasteiger partial charge on any atom is -0.469 e. The number of epoxide rings is 1. The van der Waals surface area contributed by atoms with Gasteiger partial charge in [0, 0.05) is 19.3 Å². The fraction of sp³-hybridized carbons (Fsp3) is 0.848. The second-order valence-corrected chi connectivity index (χ2v) is 15.4. The normalized spacial score (nSPS) is 41.3. The SMILES string of the molecule is COC(=O)C(C)(C)[C@@H]1CC[C@@]2(C)[C@H]3C(CC4=C([C@H](C)C[C@H](OC(C)=O)[C@H]5OC5(C)C)CC[C@@]42C)OC(=O)C[C@@]13C. The second-order valence-electron chi connectivity index (χ2n) is 15.4. The first-order valence-corrected chi connectivity index (χ1v) is 15.3. The molecule has 224 valence electrons. The van der Waals surface area contributed by atoms with Gasteiger partial charge in [0.25, 0.3) is 0 Å². The number of fused-ring (bicyclic) bond motifs is 2. The van der Waals surface area contributed by atoms with Crippen LogP contribution in [-0.4, -0.2) is 48.9 Å². The van der Waals surface area contributed by atoms with Crippen molar-refractivity contribution in [1.29, 1.82) is 0 Å². The number of carbonyl (C=O) groups excluding carboxylic acids is 3. The van der Waals surface area contributed by atoms with E-state index >= 15 is 0 Å². The van der Waals surface area contributed by atoms with Gasteiger partial charge in [-0.15, -0.1) is 0 Å². The molecule has 5 aliphatic rings. The number of hydrogen-bond acceptors (Lipinski definition) is 7. The smallest absolute Gasteiger partial charge is 0.311 e. The molecular formula is C33H50O7. The van der Waals surface area contributed by atoms with Crippen molar-refractivity contribution in [3.8, 4) is 0 Å². The van der Waals surface area contributed by atoms with E-state index in [0.29, 0.717) is 6.42 Å². The van der Waals surface area contributed by atoms with Gasteiger partial charge in [-0.1, -0.05) is 38.8 Å². The molecule has 0 bridgehead atoms. The van der Waals surface area contributed by atoms with Gasteiger partial charge < -0.3 is 18.9 Å². The third kappa shape index (κ3) is 4.19. The topological polar surface area (TPSA) is 91.4 Å². The first-order valence-electron chi connectivity index (χ1n) is 15.3. The Morgan fingerprint density at radius 1 is 1.12 bits per heavy atom. The zero-order chi connectivity index (χ0) is 29.6. The van der Waals surface area contributed by atoms with Gasteiger partial charge in [-0.25, -0.2) is 0 Å². The van der Waals surface area contributed by atoms with E-state index in [9.17, 15) is 14.4 Å². The molecule has 0 N–H and O–H groups in total. The predicted molar refractivity (Wildman–Crippen MR) is 150 cm³/mol. The van der Waals surface area contributed by atoms with Crippen LogP contribution in [0.4, 0.5) is 0 Å². The molecule has 7 nitrogen and oxygen atoms in total. The van der Waals surface area contributed by atoms with Gasteiger partial charge in [-0.05, 0) is 87.9 Å². The number of rotatable bonds is 7. The molecule has 0 aromatic rings. The molecule has 3 aliphatic carbocycles. The Balaban J connectivity index is 1.51. The number of carbonyl (C=O) groups is 3. The molecule has 0 aromatic heterocycles. The summed E-state index contributed by atoms with van der Waals surface area (Å²) in [6, 6.07) is 0. The highest BCUT2D eigenvalue weighted by Gasteiger charge is 2.71. The van der Waals surface area contributed by atoms with Crippen LogP contribution in [0.25, 0.3) is 0 Å². The van der Waals surface area contributed by atoms with Crippen LogP contribution in [0.15, 0.2) is 11.1 Å². The summed E-state index contributed by atoms with van der Waals surface area (Å²) in [7, 11) is 1.46. The summed E-state index contributed by atoms with van der Waals surface area (Å²) in [6.45, 7) is 18.9. The van der Waals surface area contributed by atoms with Crippen molar-refractivity contribution < 1.29 is 33.3 Å². The maximum absolute atomic E-state index is 13.2. The van der Waals surface area contributed by atoms with E-state index in [1.165, 1.54) is 25.2 Å². The van der Waals surface area contributed by atoms with Gasteiger partial charge in [0.05, 0.1) is 24.5 Å². The maximum atomic E-state index is 13.2. The van der Waals surface area contributed by atoms with Crippen LogP contribution >= 0.6 is 0 Å². The monoisotopic (exact) mass is 558 g/mol. The molecule has 5 rings (SSSR count). The van der Waals surface area contributed by atoms with Gasteiger partial charge in [-0.2, -0.15) is 0 Å². The second kappa shape index (κ2) is 9.31. The summed E-state index contributed by atoms with van der Waals surface area (Å²) in [5.41, 5.74) is 1.48. The molecule has 2 saturated heterocycles. The van der Waals surface area contributed by atoms with Crippen LogP contribution in [-0.2, 0) is 33.3 Å². The average Bonchev–Trinajstić information content (AvgIpc) is 3.33. The third-order valence-electron chi connectivity index (χ3n) is 12.4. The molecule has 2 saturated carbocycles. The Bertz CT molecular complexity index is 1140. The van der Waals surface area contributed by atoms with E-state index in [2.05, 4.69) is 27.7 Å². The highest BCUT2D eigenvalue weighted by molar-refractivity contribution is 5.77. The number of esters is 3. The fourth-order valence-corrected chi connectivity index (χ4v) is 10.4. The number of hydrogen-bond donors (Lipinski definition) is 0. The minimum atomic E-state index is -0.691. The molecule has 0 radical (unpaired) electrons. The zero-order valence-corrected chi connectivity index (χ0v) is 26.3. The van der Waals surface area contributed by atoms with Gasteiger partial charge in [0.15, 0.2) is 0 Å². The molecule has 2 aliphatic heterocycles. The van der Waals surface area contributed by atoms with E-state index < -0.39 is 5.41 Å². The van der Waals surface area contributed by atoms with Crippen LogP contribution in [0.5, 0.6) is 0 Å². The zero-order valence-electron chi connectivity index (χ0n) is 26.3. The molecule has 4 fully saturated rings. The van der Waals surface area contributed by atoms with Gasteiger partial charge in [-0.3, -0.25) is 14.4 Å². The van der Waals surface area contributed by atoms with Gasteiger partial charge >= 0.3 is 17.9 Å². The largest absolute Gasteiger partial charge is 0.469 e. The minimum absolute atomic E-state index is 0.0184. The highest BCUT2D eigenvalue weighted by atomic mass is 16.6. The van der Waals surface area contributed by atoms with E-state index in [-0.39, 0.29) is 75.8 Å². The van der Waals surface area contributed by atoms with Crippen molar-refractivity contribution >= 4 is 17.9 Å². The lowest BCUT2D eigenvalue weighted by molar-refractivity contribution is -0.238. The van der Waals surface area contributed by atoms with Crippen molar-refractivity contribution in [2.45, 2.75) is 131 Å². The number of allylic oxidation sites excluding steroid dienone is 1. The van der Waals surface area contributed by atoms with Crippen LogP contribution in [0, 0.1) is 39.4 Å². The molecule has 7 heteroatoms. The summed E-state index contributed by atoms with van der Waals surface area (Å²) in [4.78, 5) is 38.1. The number of methoxy groups -OCH3 is 1. The molecule has 40 heavy (non-hydrogen) atoms. The fourth-order valence-electron chi connectivity index (χ4n) is 10.4. The Kier molecular flexibility index (Phi) is 6.89. The maximum Gasteiger partial charge on any atom is 0.311 e. The first kappa shape index (κ1) is 29.6. The van der Waals surface area contributed by atoms with E-state index in [4.69, 9.17) is 18.9 Å². The Labute approximate surface area is 240 Å². The molecule has 0 aromatic carbocycles. The van der Waals surface area contributed by atoms with Crippen molar-refractivity contribution in [1.82, 2.24) is 0 Å². The average molecular weight is 559 g/mol. The first-order chi connectivity index (χ1) is 18.4. The summed E-state index contributed by atoms with van der Waals surface area (Å²) in [5.74, 6) is -0.215. The number of ether oxygens (including phenoxy) is 4. The van der Waals surface area contributed by atoms with Crippen LogP contribution in [0.3, 0.4) is 0 Å². The van der Waals surface area contributed by atoms with Crippen LogP contribution < -0.4 is 0 Å². The molecule has 1 unspecified atom stereocenters. The molecule has 0 spiro atoms. The van der Waals surface area contributed by atoms with Crippen molar-refractivity contribution in [2.24, 2.45) is 39.4 Å². The summed E-state index contributed by atoms with van der Waals surface area (Å²) in [6.07, 6.45) is 5.18. The summed E-state index contributed by atoms with van der Waals surface area (Å²) in [5, 5.41) is 0. The van der Waals surface area contributed by atoms with E-state index in [1.54, 1.807) is 0 Å². The van der Waals surface area contributed by atoms with Gasteiger partial charge in [0.2, 0.25) is 0 Å². The summed E-state index contributed by atoms with van der Waals surface area (Å²) >= 11 is 0. The quantitative estimate of drug-likeness (QED) is 0.160. The van der Waals surface area contributed by atoms with Gasteiger partial charge in [0.1, 0.15) is 18.3 Å². The standard InChI is InChI=1S/C33H50O7/c1-18(15-23(38-19(2)34)27-30(5,6)40-27)20-11-13-32(8)21(20)16-22-26-31(7,17-25(35)39-22)24(12-14-33(26,32)9)29(3,4)28(36)37-10/h18,22-24,26-27H,11-17H2,1-10H3/t18-,22?,23+,24+,26+,27-,31+,32+,33+/m1/s1. The molecule has 2 heterocycles. The lowest BCUT2D eigenvalue weighted by Crippen LogP contribution is -2.67. The lowest BCUT2D eigenvalue weighted by Gasteiger charge is -2.69. The van der Waals surface area contributed by atoms with Crippen LogP contribution in [0.1, 0.15) is 107 Å². The molecular weight excluding hydrogens is 508 g/mol. The van der Waals surface area contributed by atoms with Crippen molar-refractivity contribution in [2.75, 3.05) is 7.11 Å². The Morgan fingerprint density at radius 3 is 2.35 bits per heavy atom. The van der Waals surface area contributed by atoms with Crippen molar-refractivity contribution in [3.05, 3.63) is 11.1 Å².